The Labute approximate surface area is 154 Å². The summed E-state index contributed by atoms with van der Waals surface area (Å²) in [5, 5.41) is 3.95. The molecule has 0 bridgehead atoms. The van der Waals surface area contributed by atoms with E-state index in [4.69, 9.17) is 4.74 Å². The first-order valence-corrected chi connectivity index (χ1v) is 9.11. The van der Waals surface area contributed by atoms with Gasteiger partial charge in [-0.25, -0.2) is 0 Å². The number of para-hydroxylation sites is 2. The van der Waals surface area contributed by atoms with E-state index in [1.807, 2.05) is 60.7 Å². The highest BCUT2D eigenvalue weighted by atomic mass is 32.1. The molecule has 4 aromatic rings. The minimum Gasteiger partial charge on any atom is -0.488 e. The van der Waals surface area contributed by atoms with Crippen LogP contribution in [0, 0.1) is 0 Å². The number of hydrogen-bond acceptors (Lipinski definition) is 4. The van der Waals surface area contributed by atoms with Crippen molar-refractivity contribution in [3.63, 3.8) is 0 Å². The highest BCUT2D eigenvalue weighted by molar-refractivity contribution is 7.17. The van der Waals surface area contributed by atoms with Gasteiger partial charge in [0.1, 0.15) is 12.4 Å². The first kappa shape index (κ1) is 15.1. The quantitative estimate of drug-likeness (QED) is 0.542. The smallest absolute Gasteiger partial charge is 0.265 e. The van der Waals surface area contributed by atoms with Gasteiger partial charge in [-0.1, -0.05) is 30.3 Å². The van der Waals surface area contributed by atoms with Crippen molar-refractivity contribution in [2.45, 2.75) is 6.61 Å². The van der Waals surface area contributed by atoms with Gasteiger partial charge in [0, 0.05) is 21.4 Å². The Bertz CT molecular complexity index is 1150. The summed E-state index contributed by atoms with van der Waals surface area (Å²) in [6, 6.07) is 19.6. The number of thiophene rings is 1. The van der Waals surface area contributed by atoms with Crippen LogP contribution in [-0.2, 0) is 6.61 Å². The summed E-state index contributed by atoms with van der Waals surface area (Å²) in [6.45, 7) is 0.494. The van der Waals surface area contributed by atoms with Gasteiger partial charge < -0.3 is 10.1 Å². The minimum atomic E-state index is -0.126. The van der Waals surface area contributed by atoms with Gasteiger partial charge >= 0.3 is 0 Å². The molecular formula is C21H14N2O2S. The fourth-order valence-electron chi connectivity index (χ4n) is 3.14. The van der Waals surface area contributed by atoms with E-state index in [1.54, 1.807) is 6.20 Å². The molecule has 0 unspecified atom stereocenters. The van der Waals surface area contributed by atoms with Crippen molar-refractivity contribution in [1.82, 2.24) is 4.98 Å². The Balaban J connectivity index is 1.45. The lowest BCUT2D eigenvalue weighted by atomic mass is 10.1. The molecule has 1 aliphatic heterocycles. The fraction of sp³-hybridized carbons (Fsp3) is 0.0476. The molecular weight excluding hydrogens is 344 g/mol. The Morgan fingerprint density at radius 3 is 2.88 bits per heavy atom. The molecule has 0 saturated heterocycles. The molecule has 5 heteroatoms. The molecule has 26 heavy (non-hydrogen) atoms. The fourth-order valence-corrected chi connectivity index (χ4v) is 4.24. The second-order valence-corrected chi connectivity index (χ2v) is 7.17. The van der Waals surface area contributed by atoms with Crippen molar-refractivity contribution >= 4 is 33.8 Å². The SMILES string of the molecule is O=C(Nc1cnc2ccccc2c1)c1cc2c(s1)-c1ccccc1OC2. The Morgan fingerprint density at radius 1 is 1.08 bits per heavy atom. The van der Waals surface area contributed by atoms with Gasteiger partial charge in [-0.2, -0.15) is 0 Å². The van der Waals surface area contributed by atoms with Crippen LogP contribution in [-0.4, -0.2) is 10.9 Å². The van der Waals surface area contributed by atoms with E-state index in [1.165, 1.54) is 11.3 Å². The standard InChI is InChI=1S/C21H14N2O2S/c24-21(23-15-9-13-5-1-3-7-17(13)22-11-15)19-10-14-12-25-18-8-4-2-6-16(18)20(14)26-19/h1-11H,12H2,(H,23,24). The van der Waals surface area contributed by atoms with Gasteiger partial charge in [0.2, 0.25) is 0 Å². The van der Waals surface area contributed by atoms with Crippen LogP contribution in [0.4, 0.5) is 5.69 Å². The number of pyridine rings is 1. The molecule has 126 valence electrons. The number of nitrogens with zero attached hydrogens (tertiary/aromatic N) is 1. The Kier molecular flexibility index (Phi) is 3.47. The molecule has 2 aromatic heterocycles. The molecule has 0 spiro atoms. The molecule has 2 aromatic carbocycles. The number of carbonyl (C=O) groups excluding carboxylic acids is 1. The maximum absolute atomic E-state index is 12.7. The highest BCUT2D eigenvalue weighted by Gasteiger charge is 2.22. The molecule has 4 nitrogen and oxygen atoms in total. The Morgan fingerprint density at radius 2 is 1.92 bits per heavy atom. The molecule has 0 atom stereocenters. The third-order valence-corrected chi connectivity index (χ3v) is 5.61. The van der Waals surface area contributed by atoms with Crippen LogP contribution < -0.4 is 10.1 Å². The maximum atomic E-state index is 12.7. The van der Waals surface area contributed by atoms with Crippen molar-refractivity contribution in [3.05, 3.63) is 77.3 Å². The van der Waals surface area contributed by atoms with Gasteiger partial charge in [0.05, 0.1) is 22.3 Å². The topological polar surface area (TPSA) is 51.2 Å². The highest BCUT2D eigenvalue weighted by Crippen LogP contribution is 2.42. The molecule has 3 heterocycles. The van der Waals surface area contributed by atoms with Crippen LogP contribution in [0.15, 0.2) is 66.9 Å². The van der Waals surface area contributed by atoms with E-state index in [-0.39, 0.29) is 5.91 Å². The summed E-state index contributed by atoms with van der Waals surface area (Å²) in [7, 11) is 0. The number of aromatic nitrogens is 1. The molecule has 1 aliphatic rings. The van der Waals surface area contributed by atoms with Gasteiger partial charge in [-0.15, -0.1) is 11.3 Å². The second-order valence-electron chi connectivity index (χ2n) is 6.12. The van der Waals surface area contributed by atoms with E-state index in [9.17, 15) is 4.79 Å². The molecule has 1 amide bonds. The maximum Gasteiger partial charge on any atom is 0.265 e. The van der Waals surface area contributed by atoms with Crippen molar-refractivity contribution in [2.75, 3.05) is 5.32 Å². The zero-order valence-electron chi connectivity index (χ0n) is 13.7. The Hall–Kier alpha value is -3.18. The predicted molar refractivity (Wildman–Crippen MR) is 104 cm³/mol. The average molecular weight is 358 g/mol. The normalized spacial score (nSPS) is 12.2. The van der Waals surface area contributed by atoms with Gasteiger partial charge in [0.25, 0.3) is 5.91 Å². The second kappa shape index (κ2) is 5.97. The first-order valence-electron chi connectivity index (χ1n) is 8.29. The van der Waals surface area contributed by atoms with Crippen LogP contribution in [0.1, 0.15) is 15.2 Å². The zero-order valence-corrected chi connectivity index (χ0v) is 14.5. The summed E-state index contributed by atoms with van der Waals surface area (Å²) in [6.07, 6.45) is 1.69. The van der Waals surface area contributed by atoms with Crippen LogP contribution >= 0.6 is 11.3 Å². The summed E-state index contributed by atoms with van der Waals surface area (Å²) in [5.74, 6) is 0.742. The lowest BCUT2D eigenvalue weighted by molar-refractivity contribution is 0.103. The third kappa shape index (κ3) is 2.53. The molecule has 0 aliphatic carbocycles. The van der Waals surface area contributed by atoms with E-state index in [0.717, 1.165) is 32.7 Å². The number of rotatable bonds is 2. The summed E-state index contributed by atoms with van der Waals surface area (Å²) in [5.41, 5.74) is 3.70. The molecule has 0 saturated carbocycles. The van der Waals surface area contributed by atoms with E-state index in [0.29, 0.717) is 17.2 Å². The zero-order chi connectivity index (χ0) is 17.5. The van der Waals surface area contributed by atoms with E-state index in [2.05, 4.69) is 10.3 Å². The monoisotopic (exact) mass is 358 g/mol. The number of hydrogen-bond donors (Lipinski definition) is 1. The lowest BCUT2D eigenvalue weighted by Crippen LogP contribution is -2.10. The van der Waals surface area contributed by atoms with Gasteiger partial charge in [-0.05, 0) is 30.3 Å². The summed E-state index contributed by atoms with van der Waals surface area (Å²) >= 11 is 1.50. The van der Waals surface area contributed by atoms with Gasteiger partial charge in [-0.3, -0.25) is 9.78 Å². The molecule has 0 fully saturated rings. The van der Waals surface area contributed by atoms with Crippen molar-refractivity contribution in [1.29, 1.82) is 0 Å². The molecule has 1 N–H and O–H groups in total. The van der Waals surface area contributed by atoms with E-state index < -0.39 is 0 Å². The number of nitrogens with one attached hydrogen (secondary N) is 1. The molecule has 0 radical (unpaired) electrons. The number of amides is 1. The number of carbonyl (C=O) groups is 1. The minimum absolute atomic E-state index is 0.126. The van der Waals surface area contributed by atoms with Crippen molar-refractivity contribution in [2.24, 2.45) is 0 Å². The van der Waals surface area contributed by atoms with Crippen LogP contribution in [0.2, 0.25) is 0 Å². The van der Waals surface area contributed by atoms with Crippen LogP contribution in [0.25, 0.3) is 21.3 Å². The first-order chi connectivity index (χ1) is 12.8. The largest absolute Gasteiger partial charge is 0.488 e. The summed E-state index contributed by atoms with van der Waals surface area (Å²) < 4.78 is 5.77. The average Bonchev–Trinajstić information content (AvgIpc) is 3.13. The van der Waals surface area contributed by atoms with Crippen LogP contribution in [0.3, 0.4) is 0 Å². The number of anilines is 1. The summed E-state index contributed by atoms with van der Waals surface area (Å²) in [4.78, 5) is 18.9. The van der Waals surface area contributed by atoms with Crippen molar-refractivity contribution in [3.8, 4) is 16.2 Å². The van der Waals surface area contributed by atoms with Gasteiger partial charge in [0.15, 0.2) is 0 Å². The lowest BCUT2D eigenvalue weighted by Gasteiger charge is -2.16. The van der Waals surface area contributed by atoms with Crippen LogP contribution in [0.5, 0.6) is 5.75 Å². The van der Waals surface area contributed by atoms with E-state index >= 15 is 0 Å². The predicted octanol–water partition coefficient (Wildman–Crippen LogP) is 5.11. The van der Waals surface area contributed by atoms with Crippen molar-refractivity contribution < 1.29 is 9.53 Å². The number of benzene rings is 2. The third-order valence-electron chi connectivity index (χ3n) is 4.40. The number of ether oxygens (including phenoxy) is 1. The number of fused-ring (bicyclic) bond motifs is 4. The molecule has 5 rings (SSSR count).